The first-order valence-corrected chi connectivity index (χ1v) is 14.5. The first kappa shape index (κ1) is 25.1. The summed E-state index contributed by atoms with van der Waals surface area (Å²) in [5.41, 5.74) is 9.35. The van der Waals surface area contributed by atoms with Crippen molar-refractivity contribution in [3.05, 3.63) is 128 Å². The van der Waals surface area contributed by atoms with Gasteiger partial charge in [0.05, 0.1) is 16.7 Å². The minimum Gasteiger partial charge on any atom is -0.454 e. The van der Waals surface area contributed by atoms with E-state index in [4.69, 9.17) is 24.4 Å². The molecule has 8 nitrogen and oxygen atoms in total. The van der Waals surface area contributed by atoms with Crippen LogP contribution in [0.5, 0.6) is 0 Å². The van der Waals surface area contributed by atoms with Gasteiger partial charge < -0.3 is 4.42 Å². The van der Waals surface area contributed by atoms with Crippen LogP contribution in [0.15, 0.2) is 132 Å². The van der Waals surface area contributed by atoms with Crippen LogP contribution in [0.3, 0.4) is 0 Å². The van der Waals surface area contributed by atoms with Crippen molar-refractivity contribution in [1.29, 1.82) is 0 Å². The summed E-state index contributed by atoms with van der Waals surface area (Å²) in [6, 6.07) is 31.9. The van der Waals surface area contributed by atoms with Gasteiger partial charge in [-0.3, -0.25) is 15.0 Å². The Morgan fingerprint density at radius 2 is 1.40 bits per heavy atom. The van der Waals surface area contributed by atoms with Gasteiger partial charge in [-0.25, -0.2) is 19.9 Å². The van der Waals surface area contributed by atoms with E-state index in [1.807, 2.05) is 91.3 Å². The summed E-state index contributed by atoms with van der Waals surface area (Å²) >= 11 is 0. The standard InChI is InChI=1S/C37H21N7O/c1-2-6-30-27(5-1)33(44-37(43-30)31-7-3-4-15-39-31)24-9-11-32-28(20-24)34-35(45-32)26(14-18-40-34)23-8-10-29-25(19-23)21-41-36(42-29)22-12-16-38-17-13-22/h1-21H. The van der Waals surface area contributed by atoms with Crippen LogP contribution in [-0.2, 0) is 0 Å². The number of fused-ring (bicyclic) bond motifs is 5. The lowest BCUT2D eigenvalue weighted by atomic mass is 10.0. The van der Waals surface area contributed by atoms with Gasteiger partial charge in [-0.2, -0.15) is 0 Å². The first-order chi connectivity index (χ1) is 22.3. The Bertz CT molecular complexity index is 2550. The molecule has 210 valence electrons. The second-order valence-electron chi connectivity index (χ2n) is 10.7. The number of hydrogen-bond acceptors (Lipinski definition) is 8. The Balaban J connectivity index is 1.17. The molecule has 0 unspecified atom stereocenters. The van der Waals surface area contributed by atoms with Crippen molar-refractivity contribution in [3.63, 3.8) is 0 Å². The lowest BCUT2D eigenvalue weighted by molar-refractivity contribution is 0.669. The average Bonchev–Trinajstić information content (AvgIpc) is 3.50. The lowest BCUT2D eigenvalue weighted by Gasteiger charge is -2.09. The van der Waals surface area contributed by atoms with Crippen LogP contribution in [0.25, 0.3) is 89.2 Å². The molecule has 0 saturated carbocycles. The van der Waals surface area contributed by atoms with E-state index in [1.165, 1.54) is 0 Å². The Kier molecular flexibility index (Phi) is 5.64. The summed E-state index contributed by atoms with van der Waals surface area (Å²) in [6.07, 6.45) is 8.92. The van der Waals surface area contributed by atoms with Crippen LogP contribution in [0, 0.1) is 0 Å². The third-order valence-electron chi connectivity index (χ3n) is 7.95. The molecule has 0 aliphatic rings. The molecule has 3 aromatic carbocycles. The Morgan fingerprint density at radius 1 is 0.533 bits per heavy atom. The highest BCUT2D eigenvalue weighted by Crippen LogP contribution is 2.38. The number of furan rings is 1. The number of aromatic nitrogens is 7. The molecule has 45 heavy (non-hydrogen) atoms. The molecule has 9 rings (SSSR count). The monoisotopic (exact) mass is 579 g/mol. The predicted molar refractivity (Wildman–Crippen MR) is 175 cm³/mol. The summed E-state index contributed by atoms with van der Waals surface area (Å²) in [5.74, 6) is 1.25. The molecule has 0 radical (unpaired) electrons. The molecule has 6 aromatic heterocycles. The molecule has 0 amide bonds. The molecule has 0 fully saturated rings. The zero-order chi connectivity index (χ0) is 29.7. The van der Waals surface area contributed by atoms with Crippen molar-refractivity contribution >= 4 is 43.9 Å². The Morgan fingerprint density at radius 3 is 2.31 bits per heavy atom. The molecule has 0 saturated heterocycles. The molecule has 8 heteroatoms. The van der Waals surface area contributed by atoms with Gasteiger partial charge in [-0.1, -0.05) is 30.3 Å². The summed E-state index contributed by atoms with van der Waals surface area (Å²) < 4.78 is 6.46. The van der Waals surface area contributed by atoms with E-state index in [0.717, 1.165) is 77.5 Å². The van der Waals surface area contributed by atoms with Gasteiger partial charge in [-0.05, 0) is 72.3 Å². The normalized spacial score (nSPS) is 11.6. The van der Waals surface area contributed by atoms with Gasteiger partial charge in [0, 0.05) is 63.8 Å². The predicted octanol–water partition coefficient (Wildman–Crippen LogP) is 8.33. The third kappa shape index (κ3) is 4.27. The quantitative estimate of drug-likeness (QED) is 0.205. The van der Waals surface area contributed by atoms with Crippen LogP contribution in [0.2, 0.25) is 0 Å². The van der Waals surface area contributed by atoms with Gasteiger partial charge in [0.1, 0.15) is 16.8 Å². The molecule has 6 heterocycles. The zero-order valence-electron chi connectivity index (χ0n) is 23.7. The highest BCUT2D eigenvalue weighted by atomic mass is 16.3. The summed E-state index contributed by atoms with van der Waals surface area (Å²) in [7, 11) is 0. The molecule has 9 aromatic rings. The fourth-order valence-corrected chi connectivity index (χ4v) is 5.78. The maximum Gasteiger partial charge on any atom is 0.179 e. The molecule has 0 spiro atoms. The number of hydrogen-bond donors (Lipinski definition) is 0. The maximum absolute atomic E-state index is 6.46. The van der Waals surface area contributed by atoms with Crippen molar-refractivity contribution in [2.75, 3.05) is 0 Å². The molecule has 0 bridgehead atoms. The highest BCUT2D eigenvalue weighted by Gasteiger charge is 2.17. The smallest absolute Gasteiger partial charge is 0.179 e. The van der Waals surface area contributed by atoms with Gasteiger partial charge >= 0.3 is 0 Å². The zero-order valence-corrected chi connectivity index (χ0v) is 23.7. The maximum atomic E-state index is 6.46. The number of nitrogens with zero attached hydrogens (tertiary/aromatic N) is 7. The first-order valence-electron chi connectivity index (χ1n) is 14.5. The molecule has 0 aliphatic heterocycles. The van der Waals surface area contributed by atoms with Crippen molar-refractivity contribution in [2.45, 2.75) is 0 Å². The second-order valence-corrected chi connectivity index (χ2v) is 10.7. The lowest BCUT2D eigenvalue weighted by Crippen LogP contribution is -1.96. The number of rotatable bonds is 4. The van der Waals surface area contributed by atoms with Crippen LogP contribution in [-0.4, -0.2) is 34.9 Å². The van der Waals surface area contributed by atoms with Crippen molar-refractivity contribution < 1.29 is 4.42 Å². The van der Waals surface area contributed by atoms with Gasteiger partial charge in [0.25, 0.3) is 0 Å². The molecule has 0 atom stereocenters. The van der Waals surface area contributed by atoms with Crippen molar-refractivity contribution in [1.82, 2.24) is 34.9 Å². The fraction of sp³-hybridized carbons (Fsp3) is 0. The van der Waals surface area contributed by atoms with E-state index in [9.17, 15) is 0 Å². The fourth-order valence-electron chi connectivity index (χ4n) is 5.78. The van der Waals surface area contributed by atoms with Crippen LogP contribution in [0.4, 0.5) is 0 Å². The minimum atomic E-state index is 0.579. The number of para-hydroxylation sites is 1. The third-order valence-corrected chi connectivity index (χ3v) is 7.95. The molecule has 0 aliphatic carbocycles. The topological polar surface area (TPSA) is 103 Å². The molecular weight excluding hydrogens is 558 g/mol. The second kappa shape index (κ2) is 10.1. The highest BCUT2D eigenvalue weighted by molar-refractivity contribution is 6.09. The molecule has 0 N–H and O–H groups in total. The summed E-state index contributed by atoms with van der Waals surface area (Å²) in [6.45, 7) is 0. The van der Waals surface area contributed by atoms with E-state index < -0.39 is 0 Å². The Labute approximate surface area is 256 Å². The number of benzene rings is 3. The van der Waals surface area contributed by atoms with E-state index in [2.05, 4.69) is 33.2 Å². The van der Waals surface area contributed by atoms with Gasteiger partial charge in [0.15, 0.2) is 17.2 Å². The van der Waals surface area contributed by atoms with E-state index >= 15 is 0 Å². The van der Waals surface area contributed by atoms with Crippen LogP contribution >= 0.6 is 0 Å². The van der Waals surface area contributed by atoms with E-state index in [-0.39, 0.29) is 0 Å². The largest absolute Gasteiger partial charge is 0.454 e. The van der Waals surface area contributed by atoms with E-state index in [1.54, 1.807) is 18.6 Å². The number of pyridine rings is 3. The van der Waals surface area contributed by atoms with Crippen molar-refractivity contribution in [3.8, 4) is 45.3 Å². The SMILES string of the molecule is c1ccc(-c2nc(-c3ccc4oc5c(-c6ccc7nc(-c8ccncc8)ncc7c6)ccnc5c4c3)c3ccccc3n2)nc1. The summed E-state index contributed by atoms with van der Waals surface area (Å²) in [5, 5.41) is 2.81. The average molecular weight is 580 g/mol. The van der Waals surface area contributed by atoms with Gasteiger partial charge in [0.2, 0.25) is 0 Å². The summed E-state index contributed by atoms with van der Waals surface area (Å²) in [4.78, 5) is 32.5. The van der Waals surface area contributed by atoms with Crippen LogP contribution in [0.1, 0.15) is 0 Å². The Hall–Kier alpha value is -6.41. The van der Waals surface area contributed by atoms with Crippen molar-refractivity contribution in [2.24, 2.45) is 0 Å². The van der Waals surface area contributed by atoms with E-state index in [0.29, 0.717) is 11.6 Å². The molecular formula is C37H21N7O. The van der Waals surface area contributed by atoms with Gasteiger partial charge in [-0.15, -0.1) is 0 Å². The minimum absolute atomic E-state index is 0.579. The van der Waals surface area contributed by atoms with Crippen LogP contribution < -0.4 is 0 Å².